The molecule has 7 nitrogen and oxygen atoms in total. The number of nitrogens with one attached hydrogen (secondary N) is 2. The maximum Gasteiger partial charge on any atom is 1.00 e. The minimum Gasteiger partial charge on any atom is -0.356 e. The number of amides is 1. The minimum atomic E-state index is -0.198. The van der Waals surface area contributed by atoms with Crippen molar-refractivity contribution in [3.8, 4) is 0 Å². The standard InChI is InChI=1S/C11H11N6O.Rb/c18-10-11(5-12-6-11)1-2-17(10)8-4-13-7-3-14-16-9(7)15-8;/h4,12H,1-2,5-6H2,(H,14,15,16);/q-1;+1. The van der Waals surface area contributed by atoms with E-state index in [4.69, 9.17) is 0 Å². The number of rotatable bonds is 1. The summed E-state index contributed by atoms with van der Waals surface area (Å²) in [6, 6.07) is 0. The third-order valence-electron chi connectivity index (χ3n) is 3.80. The molecule has 0 radical (unpaired) electrons. The first kappa shape index (κ1) is 13.8. The zero-order valence-electron chi connectivity index (χ0n) is 10.6. The van der Waals surface area contributed by atoms with Gasteiger partial charge in [0, 0.05) is 25.3 Å². The molecule has 2 aromatic rings. The molecular weight excluding hydrogens is 318 g/mol. The Labute approximate surface area is 158 Å². The summed E-state index contributed by atoms with van der Waals surface area (Å²) < 4.78 is 0. The van der Waals surface area contributed by atoms with Gasteiger partial charge in [0.15, 0.2) is 0 Å². The van der Waals surface area contributed by atoms with E-state index < -0.39 is 0 Å². The van der Waals surface area contributed by atoms with Crippen LogP contribution in [0, 0.1) is 11.6 Å². The average molecular weight is 329 g/mol. The monoisotopic (exact) mass is 328 g/mol. The Hall–Kier alpha value is -0.215. The average Bonchev–Trinajstić information content (AvgIpc) is 2.90. The van der Waals surface area contributed by atoms with Crippen LogP contribution in [0.25, 0.3) is 11.2 Å². The third kappa shape index (κ3) is 2.02. The van der Waals surface area contributed by atoms with Crippen LogP contribution in [0.5, 0.6) is 0 Å². The van der Waals surface area contributed by atoms with Crippen LogP contribution in [0.3, 0.4) is 0 Å². The zero-order valence-corrected chi connectivity index (χ0v) is 15.5. The molecular formula is C11H11N6ORb. The van der Waals surface area contributed by atoms with E-state index in [0.717, 1.165) is 19.5 Å². The van der Waals surface area contributed by atoms with Crippen LogP contribution >= 0.6 is 0 Å². The summed E-state index contributed by atoms with van der Waals surface area (Å²) in [5.74, 6) is 0.743. The number of aromatic amines is 1. The molecule has 2 aliphatic rings. The summed E-state index contributed by atoms with van der Waals surface area (Å²) in [6.45, 7) is 2.25. The Bertz CT molecular complexity index is 637. The second kappa shape index (κ2) is 4.96. The van der Waals surface area contributed by atoms with Gasteiger partial charge >= 0.3 is 58.2 Å². The number of carbonyl (C=O) groups excluding carboxylic acids is 1. The Morgan fingerprint density at radius 2 is 2.26 bits per heavy atom. The fraction of sp³-hybridized carbons (Fsp3) is 0.455. The summed E-state index contributed by atoms with van der Waals surface area (Å²) in [5.41, 5.74) is 0.954. The maximum absolute atomic E-state index is 12.4. The van der Waals surface area contributed by atoms with Gasteiger partial charge in [0.2, 0.25) is 5.91 Å². The van der Waals surface area contributed by atoms with E-state index in [-0.39, 0.29) is 69.5 Å². The second-order valence-corrected chi connectivity index (χ2v) is 4.85. The molecule has 2 saturated heterocycles. The molecule has 92 valence electrons. The summed E-state index contributed by atoms with van der Waals surface area (Å²) in [4.78, 5) is 22.6. The molecule has 2 aliphatic heterocycles. The first-order valence-corrected chi connectivity index (χ1v) is 5.90. The second-order valence-electron chi connectivity index (χ2n) is 4.85. The van der Waals surface area contributed by atoms with Crippen molar-refractivity contribution in [3.63, 3.8) is 0 Å². The van der Waals surface area contributed by atoms with E-state index >= 15 is 0 Å². The zero-order chi connectivity index (χ0) is 12.2. The van der Waals surface area contributed by atoms with Gasteiger partial charge in [-0.1, -0.05) is 6.20 Å². The summed E-state index contributed by atoms with van der Waals surface area (Å²) in [7, 11) is 0. The quantitative estimate of drug-likeness (QED) is 0.530. The van der Waals surface area contributed by atoms with Crippen molar-refractivity contribution in [2.24, 2.45) is 5.41 Å². The van der Waals surface area contributed by atoms with Crippen molar-refractivity contribution in [1.82, 2.24) is 25.5 Å². The van der Waals surface area contributed by atoms with Gasteiger partial charge in [-0.05, 0) is 11.9 Å². The van der Waals surface area contributed by atoms with Gasteiger partial charge in [-0.15, -0.1) is 0 Å². The van der Waals surface area contributed by atoms with E-state index in [1.54, 1.807) is 11.1 Å². The molecule has 0 aliphatic carbocycles. The number of anilines is 1. The van der Waals surface area contributed by atoms with E-state index in [2.05, 4.69) is 31.7 Å². The molecule has 8 heteroatoms. The van der Waals surface area contributed by atoms with Gasteiger partial charge in [0.1, 0.15) is 5.82 Å². The fourth-order valence-electron chi connectivity index (χ4n) is 2.60. The predicted molar refractivity (Wildman–Crippen MR) is 62.8 cm³/mol. The molecule has 2 fully saturated rings. The van der Waals surface area contributed by atoms with Crippen molar-refractivity contribution in [1.29, 1.82) is 0 Å². The molecule has 2 aromatic heterocycles. The number of nitrogens with zero attached hydrogens (tertiary/aromatic N) is 4. The summed E-state index contributed by atoms with van der Waals surface area (Å²) >= 11 is 0. The fourth-order valence-corrected chi connectivity index (χ4v) is 2.60. The van der Waals surface area contributed by atoms with E-state index in [9.17, 15) is 4.79 Å². The Morgan fingerprint density at radius 3 is 2.95 bits per heavy atom. The van der Waals surface area contributed by atoms with Gasteiger partial charge in [0.25, 0.3) is 0 Å². The summed E-state index contributed by atoms with van der Waals surface area (Å²) in [6.07, 6.45) is 5.19. The third-order valence-corrected chi connectivity index (χ3v) is 3.80. The number of hydrogen-bond donors (Lipinski definition) is 2. The molecule has 0 bridgehead atoms. The molecule has 1 spiro atoms. The molecule has 0 unspecified atom stereocenters. The van der Waals surface area contributed by atoms with E-state index in [0.29, 0.717) is 23.5 Å². The first-order chi connectivity index (χ1) is 8.78. The number of carbonyl (C=O) groups is 1. The van der Waals surface area contributed by atoms with Crippen molar-refractivity contribution in [2.75, 3.05) is 24.5 Å². The Morgan fingerprint density at radius 1 is 1.42 bits per heavy atom. The smallest absolute Gasteiger partial charge is 0.356 e. The topological polar surface area (TPSA) is 86.8 Å². The molecule has 2 N–H and O–H groups in total. The summed E-state index contributed by atoms with van der Waals surface area (Å²) in [5, 5.41) is 9.64. The van der Waals surface area contributed by atoms with E-state index in [1.807, 2.05) is 0 Å². The molecule has 4 rings (SSSR count). The SMILES string of the molecule is O=C1N(c2cnc3[c-]n[nH]c3n2)CCC12CNC2.[Rb+]. The van der Waals surface area contributed by atoms with Crippen molar-refractivity contribution < 1.29 is 63.0 Å². The minimum absolute atomic E-state index is 0. The van der Waals surface area contributed by atoms with Gasteiger partial charge in [-0.3, -0.25) is 14.7 Å². The normalized spacial score (nSPS) is 20.6. The van der Waals surface area contributed by atoms with Gasteiger partial charge in [0.05, 0.1) is 11.6 Å². The molecule has 4 heterocycles. The van der Waals surface area contributed by atoms with Crippen LogP contribution in [-0.2, 0) is 4.79 Å². The number of H-pyrrole nitrogens is 1. The molecule has 19 heavy (non-hydrogen) atoms. The Kier molecular flexibility index (Phi) is 3.59. The van der Waals surface area contributed by atoms with Crippen LogP contribution in [0.1, 0.15) is 6.42 Å². The van der Waals surface area contributed by atoms with Crippen molar-refractivity contribution in [2.45, 2.75) is 6.42 Å². The Balaban J connectivity index is 0.00000110. The maximum atomic E-state index is 12.4. The molecule has 0 atom stereocenters. The number of fused-ring (bicyclic) bond motifs is 1. The van der Waals surface area contributed by atoms with Gasteiger partial charge in [-0.2, -0.15) is 0 Å². The van der Waals surface area contributed by atoms with Crippen LogP contribution in [-0.4, -0.2) is 45.7 Å². The van der Waals surface area contributed by atoms with Crippen LogP contribution in [0.2, 0.25) is 0 Å². The van der Waals surface area contributed by atoms with Gasteiger partial charge < -0.3 is 20.5 Å². The number of hydrogen-bond acceptors (Lipinski definition) is 5. The predicted octanol–water partition coefficient (Wildman–Crippen LogP) is -3.52. The van der Waals surface area contributed by atoms with Gasteiger partial charge in [-0.25, -0.2) is 0 Å². The number of aromatic nitrogens is 4. The van der Waals surface area contributed by atoms with Crippen LogP contribution in [0.4, 0.5) is 5.82 Å². The van der Waals surface area contributed by atoms with Crippen molar-refractivity contribution >= 4 is 22.9 Å². The molecule has 0 aromatic carbocycles. The van der Waals surface area contributed by atoms with Crippen LogP contribution in [0.15, 0.2) is 6.20 Å². The largest absolute Gasteiger partial charge is 1.00 e. The molecule has 0 saturated carbocycles. The first-order valence-electron chi connectivity index (χ1n) is 5.90. The van der Waals surface area contributed by atoms with Crippen LogP contribution < -0.4 is 68.4 Å². The van der Waals surface area contributed by atoms with Crippen molar-refractivity contribution in [3.05, 3.63) is 12.4 Å². The molecule has 1 amide bonds. The van der Waals surface area contributed by atoms with E-state index in [1.165, 1.54) is 0 Å².